The Labute approximate surface area is 234 Å². The van der Waals surface area contributed by atoms with Crippen LogP contribution in [0, 0.1) is 0 Å². The van der Waals surface area contributed by atoms with E-state index in [0.717, 1.165) is 11.4 Å². The van der Waals surface area contributed by atoms with Crippen LogP contribution < -0.4 is 4.90 Å². The average Bonchev–Trinajstić information content (AvgIpc) is 3.22. The van der Waals surface area contributed by atoms with Crippen LogP contribution in [0.2, 0.25) is 0 Å². The first kappa shape index (κ1) is 23.0. The summed E-state index contributed by atoms with van der Waals surface area (Å²) in [5.41, 5.74) is 9.02. The molecule has 8 rings (SSSR count). The Morgan fingerprint density at radius 3 is 2.05 bits per heavy atom. The van der Waals surface area contributed by atoms with E-state index in [0.29, 0.717) is 0 Å². The molecule has 1 aliphatic rings. The van der Waals surface area contributed by atoms with Crippen molar-refractivity contribution >= 4 is 49.4 Å². The SMILES string of the molecule is CC1(C)c2ccccc2-c2cc3ccc4c(N(c5ccccc5)c5ccc6ccccc6c5)cccc4c3cc21. The molecule has 0 amide bonds. The van der Waals surface area contributed by atoms with Gasteiger partial charge in [0, 0.05) is 22.2 Å². The molecule has 190 valence electrons. The number of benzene rings is 7. The molecule has 0 fully saturated rings. The lowest BCUT2D eigenvalue weighted by atomic mass is 9.81. The predicted molar refractivity (Wildman–Crippen MR) is 171 cm³/mol. The molecule has 1 aliphatic carbocycles. The smallest absolute Gasteiger partial charge is 0.0540 e. The molecule has 0 atom stereocenters. The summed E-state index contributed by atoms with van der Waals surface area (Å²) >= 11 is 0. The highest BCUT2D eigenvalue weighted by atomic mass is 15.1. The van der Waals surface area contributed by atoms with Crippen LogP contribution in [0.3, 0.4) is 0 Å². The van der Waals surface area contributed by atoms with Gasteiger partial charge in [-0.15, -0.1) is 0 Å². The molecule has 0 aromatic heterocycles. The van der Waals surface area contributed by atoms with Crippen LogP contribution in [-0.4, -0.2) is 0 Å². The van der Waals surface area contributed by atoms with Crippen LogP contribution in [0.15, 0.2) is 140 Å². The Balaban J connectivity index is 1.38. The molecule has 0 saturated carbocycles. The van der Waals surface area contributed by atoms with Crippen molar-refractivity contribution in [1.29, 1.82) is 0 Å². The molecule has 0 radical (unpaired) electrons. The van der Waals surface area contributed by atoms with Crippen molar-refractivity contribution < 1.29 is 0 Å². The summed E-state index contributed by atoms with van der Waals surface area (Å²) in [6, 6.07) is 51.2. The van der Waals surface area contributed by atoms with Gasteiger partial charge in [-0.05, 0) is 91.6 Å². The molecule has 7 aromatic carbocycles. The van der Waals surface area contributed by atoms with Crippen molar-refractivity contribution in [3.05, 3.63) is 151 Å². The maximum atomic E-state index is 2.46. The van der Waals surface area contributed by atoms with E-state index in [-0.39, 0.29) is 5.41 Å². The molecule has 1 heteroatoms. The number of hydrogen-bond acceptors (Lipinski definition) is 1. The molecule has 0 saturated heterocycles. The standard InChI is InChI=1S/C39H29N/c1-39(2)36-17-9-8-15-32(36)35-24-28-20-22-33-31(34(28)25-37(35)39)16-10-18-38(33)40(29-13-4-3-5-14-29)30-21-19-26-11-6-7-12-27(26)23-30/h3-25H,1-2H3. The number of rotatable bonds is 3. The Bertz CT molecular complexity index is 2080. The van der Waals surface area contributed by atoms with Gasteiger partial charge in [0.1, 0.15) is 0 Å². The summed E-state index contributed by atoms with van der Waals surface area (Å²) in [5.74, 6) is 0. The van der Waals surface area contributed by atoms with Crippen molar-refractivity contribution in [3.8, 4) is 11.1 Å². The van der Waals surface area contributed by atoms with Crippen LogP contribution in [-0.2, 0) is 5.41 Å². The summed E-state index contributed by atoms with van der Waals surface area (Å²) < 4.78 is 0. The van der Waals surface area contributed by atoms with Crippen molar-refractivity contribution in [2.24, 2.45) is 0 Å². The van der Waals surface area contributed by atoms with Crippen LogP contribution >= 0.6 is 0 Å². The van der Waals surface area contributed by atoms with E-state index in [9.17, 15) is 0 Å². The number of para-hydroxylation sites is 1. The fourth-order valence-electron chi connectivity index (χ4n) is 6.79. The summed E-state index contributed by atoms with van der Waals surface area (Å²) in [5, 5.41) is 7.62. The highest BCUT2D eigenvalue weighted by Gasteiger charge is 2.35. The fraction of sp³-hybridized carbons (Fsp3) is 0.0769. The first-order chi connectivity index (χ1) is 19.6. The van der Waals surface area contributed by atoms with Gasteiger partial charge in [-0.25, -0.2) is 0 Å². The molecule has 0 aliphatic heterocycles. The van der Waals surface area contributed by atoms with Gasteiger partial charge in [0.05, 0.1) is 5.69 Å². The van der Waals surface area contributed by atoms with E-state index < -0.39 is 0 Å². The van der Waals surface area contributed by atoms with Gasteiger partial charge in [0.15, 0.2) is 0 Å². The molecule has 7 aromatic rings. The number of anilines is 3. The predicted octanol–water partition coefficient (Wildman–Crippen LogP) is 10.9. The maximum Gasteiger partial charge on any atom is 0.0540 e. The third kappa shape index (κ3) is 3.34. The largest absolute Gasteiger partial charge is 0.310 e. The van der Waals surface area contributed by atoms with E-state index in [1.54, 1.807) is 0 Å². The number of hydrogen-bond donors (Lipinski definition) is 0. The Morgan fingerprint density at radius 2 is 1.18 bits per heavy atom. The van der Waals surface area contributed by atoms with E-state index in [1.165, 1.54) is 60.3 Å². The first-order valence-electron chi connectivity index (χ1n) is 14.0. The minimum atomic E-state index is -0.0267. The topological polar surface area (TPSA) is 3.24 Å². The fourth-order valence-corrected chi connectivity index (χ4v) is 6.79. The zero-order valence-corrected chi connectivity index (χ0v) is 22.7. The van der Waals surface area contributed by atoms with E-state index in [2.05, 4.69) is 158 Å². The van der Waals surface area contributed by atoms with Crippen molar-refractivity contribution in [3.63, 3.8) is 0 Å². The zero-order valence-electron chi connectivity index (χ0n) is 22.7. The van der Waals surface area contributed by atoms with Crippen LogP contribution in [0.1, 0.15) is 25.0 Å². The first-order valence-corrected chi connectivity index (χ1v) is 14.0. The molecule has 1 nitrogen and oxygen atoms in total. The Kier molecular flexibility index (Phi) is 4.93. The average molecular weight is 512 g/mol. The molecule has 0 unspecified atom stereocenters. The normalized spacial score (nSPS) is 13.4. The lowest BCUT2D eigenvalue weighted by molar-refractivity contribution is 0.661. The van der Waals surface area contributed by atoms with E-state index in [4.69, 9.17) is 0 Å². The van der Waals surface area contributed by atoms with Crippen LogP contribution in [0.4, 0.5) is 17.1 Å². The lowest BCUT2D eigenvalue weighted by Gasteiger charge is -2.27. The Morgan fingerprint density at radius 1 is 0.425 bits per heavy atom. The summed E-state index contributed by atoms with van der Waals surface area (Å²) in [6.07, 6.45) is 0. The van der Waals surface area contributed by atoms with Gasteiger partial charge in [0.2, 0.25) is 0 Å². The highest BCUT2D eigenvalue weighted by molar-refractivity contribution is 6.14. The zero-order chi connectivity index (χ0) is 26.8. The molecule has 40 heavy (non-hydrogen) atoms. The molecular weight excluding hydrogens is 482 g/mol. The minimum absolute atomic E-state index is 0.0267. The molecular formula is C39H29N. The molecule has 0 spiro atoms. The number of fused-ring (bicyclic) bond motifs is 7. The Hall–Kier alpha value is -4.88. The van der Waals surface area contributed by atoms with E-state index >= 15 is 0 Å². The number of nitrogens with zero attached hydrogens (tertiary/aromatic N) is 1. The van der Waals surface area contributed by atoms with Crippen molar-refractivity contribution in [2.45, 2.75) is 19.3 Å². The van der Waals surface area contributed by atoms with Gasteiger partial charge in [-0.2, -0.15) is 0 Å². The second-order valence-corrected chi connectivity index (χ2v) is 11.4. The van der Waals surface area contributed by atoms with Gasteiger partial charge < -0.3 is 4.90 Å². The van der Waals surface area contributed by atoms with E-state index in [1.807, 2.05) is 0 Å². The molecule has 0 bridgehead atoms. The highest BCUT2D eigenvalue weighted by Crippen LogP contribution is 2.51. The minimum Gasteiger partial charge on any atom is -0.310 e. The van der Waals surface area contributed by atoms with Gasteiger partial charge in [0.25, 0.3) is 0 Å². The summed E-state index contributed by atoms with van der Waals surface area (Å²) in [6.45, 7) is 4.72. The maximum absolute atomic E-state index is 2.46. The van der Waals surface area contributed by atoms with Crippen molar-refractivity contribution in [1.82, 2.24) is 0 Å². The van der Waals surface area contributed by atoms with Crippen molar-refractivity contribution in [2.75, 3.05) is 4.90 Å². The third-order valence-corrected chi connectivity index (χ3v) is 8.80. The second-order valence-electron chi connectivity index (χ2n) is 11.4. The van der Waals surface area contributed by atoms with Crippen LogP contribution in [0.5, 0.6) is 0 Å². The van der Waals surface area contributed by atoms with Gasteiger partial charge in [-0.1, -0.05) is 111 Å². The van der Waals surface area contributed by atoms with Crippen LogP contribution in [0.25, 0.3) is 43.4 Å². The second kappa shape index (κ2) is 8.56. The summed E-state index contributed by atoms with van der Waals surface area (Å²) in [7, 11) is 0. The quantitative estimate of drug-likeness (QED) is 0.213. The summed E-state index contributed by atoms with van der Waals surface area (Å²) in [4.78, 5) is 2.40. The molecule has 0 N–H and O–H groups in total. The monoisotopic (exact) mass is 511 g/mol. The molecule has 0 heterocycles. The lowest BCUT2D eigenvalue weighted by Crippen LogP contribution is -2.14. The van der Waals surface area contributed by atoms with Gasteiger partial charge in [-0.3, -0.25) is 0 Å². The van der Waals surface area contributed by atoms with Gasteiger partial charge >= 0.3 is 0 Å². The third-order valence-electron chi connectivity index (χ3n) is 8.80.